The van der Waals surface area contributed by atoms with Gasteiger partial charge in [0.15, 0.2) is 6.29 Å². The monoisotopic (exact) mass is 191 g/mol. The Kier molecular flexibility index (Phi) is 2.02. The van der Waals surface area contributed by atoms with Crippen molar-refractivity contribution < 1.29 is 4.79 Å². The Labute approximate surface area is 80.2 Å². The average molecular weight is 191 g/mol. The van der Waals surface area contributed by atoms with E-state index in [0.717, 1.165) is 26.9 Å². The lowest BCUT2D eigenvalue weighted by atomic mass is 10.2. The molecule has 0 saturated heterocycles. The van der Waals surface area contributed by atoms with Crippen LogP contribution in [-0.4, -0.2) is 13.3 Å². The number of thiophene rings is 1. The molecule has 2 rings (SSSR count). The first kappa shape index (κ1) is 8.26. The second-order valence-corrected chi connectivity index (χ2v) is 3.88. The highest BCUT2D eigenvalue weighted by atomic mass is 32.1. The van der Waals surface area contributed by atoms with E-state index >= 15 is 0 Å². The molecule has 1 aromatic heterocycles. The van der Waals surface area contributed by atoms with Crippen LogP contribution >= 0.6 is 11.3 Å². The zero-order valence-electron chi connectivity index (χ0n) is 7.20. The van der Waals surface area contributed by atoms with Gasteiger partial charge in [-0.15, -0.1) is 11.3 Å². The molecule has 0 atom stereocenters. The first-order valence-corrected chi connectivity index (χ1v) is 4.81. The Morgan fingerprint density at radius 1 is 1.38 bits per heavy atom. The molecule has 1 N–H and O–H groups in total. The topological polar surface area (TPSA) is 29.1 Å². The fourth-order valence-corrected chi connectivity index (χ4v) is 2.14. The maximum absolute atomic E-state index is 10.5. The number of rotatable bonds is 2. The van der Waals surface area contributed by atoms with Gasteiger partial charge in [-0.25, -0.2) is 0 Å². The van der Waals surface area contributed by atoms with E-state index in [0.29, 0.717) is 0 Å². The highest BCUT2D eigenvalue weighted by molar-refractivity contribution is 7.20. The predicted octanol–water partition coefficient (Wildman–Crippen LogP) is 2.76. The van der Waals surface area contributed by atoms with E-state index < -0.39 is 0 Å². The van der Waals surface area contributed by atoms with Crippen LogP contribution in [0.4, 0.5) is 5.69 Å². The molecule has 0 aliphatic carbocycles. The van der Waals surface area contributed by atoms with Crippen molar-refractivity contribution in [3.8, 4) is 0 Å². The third-order valence-corrected chi connectivity index (χ3v) is 2.98. The Morgan fingerprint density at radius 2 is 2.23 bits per heavy atom. The molecule has 0 fully saturated rings. The van der Waals surface area contributed by atoms with Crippen molar-refractivity contribution >= 4 is 33.4 Å². The van der Waals surface area contributed by atoms with Crippen molar-refractivity contribution in [1.29, 1.82) is 0 Å². The highest BCUT2D eigenvalue weighted by Gasteiger charge is 2.00. The van der Waals surface area contributed by atoms with Crippen LogP contribution in [0, 0.1) is 0 Å². The zero-order chi connectivity index (χ0) is 9.26. The summed E-state index contributed by atoms with van der Waals surface area (Å²) in [6.07, 6.45) is 0.893. The van der Waals surface area contributed by atoms with E-state index in [2.05, 4.69) is 5.32 Å². The van der Waals surface area contributed by atoms with Gasteiger partial charge in [0.2, 0.25) is 0 Å². The third kappa shape index (κ3) is 1.42. The summed E-state index contributed by atoms with van der Waals surface area (Å²) >= 11 is 1.52. The molecule has 2 aromatic rings. The molecule has 0 saturated carbocycles. The molecule has 3 heteroatoms. The molecule has 13 heavy (non-hydrogen) atoms. The van der Waals surface area contributed by atoms with Gasteiger partial charge < -0.3 is 5.32 Å². The summed E-state index contributed by atoms with van der Waals surface area (Å²) in [5, 5.41) is 4.19. The Morgan fingerprint density at radius 3 is 2.92 bits per heavy atom. The third-order valence-electron chi connectivity index (χ3n) is 1.94. The number of aldehydes is 1. The fourth-order valence-electron chi connectivity index (χ4n) is 1.28. The van der Waals surface area contributed by atoms with Crippen molar-refractivity contribution in [3.63, 3.8) is 0 Å². The molecule has 0 bridgehead atoms. The number of hydrogen-bond acceptors (Lipinski definition) is 3. The van der Waals surface area contributed by atoms with Gasteiger partial charge in [-0.1, -0.05) is 0 Å². The Hall–Kier alpha value is -1.35. The largest absolute Gasteiger partial charge is 0.388 e. The molecular formula is C10H9NOS. The van der Waals surface area contributed by atoms with Crippen LogP contribution in [-0.2, 0) is 0 Å². The summed E-state index contributed by atoms with van der Waals surface area (Å²) in [6, 6.07) is 7.99. The second-order valence-electron chi connectivity index (χ2n) is 2.77. The van der Waals surface area contributed by atoms with Crippen molar-refractivity contribution in [2.75, 3.05) is 12.4 Å². The van der Waals surface area contributed by atoms with Crippen LogP contribution in [0.25, 0.3) is 10.1 Å². The van der Waals surface area contributed by atoms with Gasteiger partial charge in [0.1, 0.15) is 0 Å². The van der Waals surface area contributed by atoms with Crippen molar-refractivity contribution in [1.82, 2.24) is 0 Å². The second kappa shape index (κ2) is 3.18. The number of nitrogens with one attached hydrogen (secondary N) is 1. The molecule has 0 amide bonds. The normalized spacial score (nSPS) is 10.2. The molecule has 66 valence electrons. The minimum absolute atomic E-state index is 0.781. The van der Waals surface area contributed by atoms with E-state index in [1.165, 1.54) is 11.3 Å². The standard InChI is InChI=1S/C10H9NOS/c1-11-8-2-3-10-7(4-8)5-9(6-12)13-10/h2-6,11H,1H3. The molecule has 1 aromatic carbocycles. The van der Waals surface area contributed by atoms with Crippen molar-refractivity contribution in [3.05, 3.63) is 29.1 Å². The predicted molar refractivity (Wildman–Crippen MR) is 56.8 cm³/mol. The van der Waals surface area contributed by atoms with Gasteiger partial charge in [-0.05, 0) is 29.7 Å². The number of carbonyl (C=O) groups excluding carboxylic acids is 1. The summed E-state index contributed by atoms with van der Waals surface area (Å²) in [5.74, 6) is 0. The quantitative estimate of drug-likeness (QED) is 0.739. The molecular weight excluding hydrogens is 182 g/mol. The smallest absolute Gasteiger partial charge is 0.160 e. The minimum Gasteiger partial charge on any atom is -0.388 e. The molecule has 1 heterocycles. The maximum Gasteiger partial charge on any atom is 0.160 e. The van der Waals surface area contributed by atoms with E-state index in [-0.39, 0.29) is 0 Å². The van der Waals surface area contributed by atoms with Gasteiger partial charge in [0, 0.05) is 17.4 Å². The van der Waals surface area contributed by atoms with E-state index in [1.54, 1.807) is 0 Å². The number of anilines is 1. The Bertz CT molecular complexity index is 447. The first-order valence-electron chi connectivity index (χ1n) is 4.00. The number of hydrogen-bond donors (Lipinski definition) is 1. The van der Waals surface area contributed by atoms with E-state index in [1.807, 2.05) is 31.3 Å². The van der Waals surface area contributed by atoms with Gasteiger partial charge in [-0.2, -0.15) is 0 Å². The SMILES string of the molecule is CNc1ccc2sc(C=O)cc2c1. The molecule has 0 spiro atoms. The lowest BCUT2D eigenvalue weighted by molar-refractivity contribution is 0.112. The van der Waals surface area contributed by atoms with Crippen LogP contribution in [0.2, 0.25) is 0 Å². The molecule has 0 unspecified atom stereocenters. The average Bonchev–Trinajstić information content (AvgIpc) is 2.58. The first-order chi connectivity index (χ1) is 6.33. The highest BCUT2D eigenvalue weighted by Crippen LogP contribution is 2.26. The van der Waals surface area contributed by atoms with E-state index in [4.69, 9.17) is 0 Å². The molecule has 0 aliphatic rings. The summed E-state index contributed by atoms with van der Waals surface area (Å²) in [7, 11) is 1.88. The molecule has 2 nitrogen and oxygen atoms in total. The lowest BCUT2D eigenvalue weighted by Gasteiger charge is -1.97. The van der Waals surface area contributed by atoms with Gasteiger partial charge in [-0.3, -0.25) is 4.79 Å². The van der Waals surface area contributed by atoms with Gasteiger partial charge in [0.05, 0.1) is 4.88 Å². The Balaban J connectivity index is 2.63. The molecule has 0 aliphatic heterocycles. The van der Waals surface area contributed by atoms with Crippen LogP contribution in [0.3, 0.4) is 0 Å². The summed E-state index contributed by atoms with van der Waals surface area (Å²) in [5.41, 5.74) is 1.07. The number of fused-ring (bicyclic) bond motifs is 1. The maximum atomic E-state index is 10.5. The summed E-state index contributed by atoms with van der Waals surface area (Å²) in [4.78, 5) is 11.3. The zero-order valence-corrected chi connectivity index (χ0v) is 8.02. The van der Waals surface area contributed by atoms with Gasteiger partial charge >= 0.3 is 0 Å². The van der Waals surface area contributed by atoms with Crippen LogP contribution in [0.5, 0.6) is 0 Å². The van der Waals surface area contributed by atoms with Crippen molar-refractivity contribution in [2.24, 2.45) is 0 Å². The van der Waals surface area contributed by atoms with Gasteiger partial charge in [0.25, 0.3) is 0 Å². The van der Waals surface area contributed by atoms with Crippen LogP contribution in [0.15, 0.2) is 24.3 Å². The van der Waals surface area contributed by atoms with Crippen molar-refractivity contribution in [2.45, 2.75) is 0 Å². The fraction of sp³-hybridized carbons (Fsp3) is 0.100. The van der Waals surface area contributed by atoms with E-state index in [9.17, 15) is 4.79 Å². The minimum atomic E-state index is 0.781. The summed E-state index contributed by atoms with van der Waals surface area (Å²) in [6.45, 7) is 0. The van der Waals surface area contributed by atoms with Crippen LogP contribution < -0.4 is 5.32 Å². The number of carbonyl (C=O) groups is 1. The number of benzene rings is 1. The van der Waals surface area contributed by atoms with Crippen LogP contribution in [0.1, 0.15) is 9.67 Å². The lowest BCUT2D eigenvalue weighted by Crippen LogP contribution is -1.85. The summed E-state index contributed by atoms with van der Waals surface area (Å²) < 4.78 is 1.15. The molecule has 0 radical (unpaired) electrons.